The van der Waals surface area contributed by atoms with Gasteiger partial charge < -0.3 is 15.4 Å². The number of aryl methyl sites for hydroxylation is 1. The number of carbonyl (C=O) groups excluding carboxylic acids is 2. The van der Waals surface area contributed by atoms with Gasteiger partial charge in [-0.25, -0.2) is 0 Å². The number of rotatable bonds is 8. The van der Waals surface area contributed by atoms with Crippen molar-refractivity contribution in [3.8, 4) is 5.75 Å². The van der Waals surface area contributed by atoms with Crippen molar-refractivity contribution in [2.24, 2.45) is 0 Å². The van der Waals surface area contributed by atoms with Gasteiger partial charge in [0.1, 0.15) is 5.75 Å². The Labute approximate surface area is 154 Å². The first-order valence-corrected chi connectivity index (χ1v) is 8.95. The second-order valence-electron chi connectivity index (χ2n) is 6.16. The lowest BCUT2D eigenvalue weighted by Crippen LogP contribution is -2.33. The van der Waals surface area contributed by atoms with Crippen LogP contribution < -0.4 is 15.4 Å². The van der Waals surface area contributed by atoms with Crippen molar-refractivity contribution in [1.29, 1.82) is 0 Å². The molecule has 0 saturated heterocycles. The molecule has 5 nitrogen and oxygen atoms in total. The first-order chi connectivity index (χ1) is 12.5. The van der Waals surface area contributed by atoms with Crippen LogP contribution in [0.15, 0.2) is 48.5 Å². The summed E-state index contributed by atoms with van der Waals surface area (Å²) in [4.78, 5) is 24.6. The predicted molar refractivity (Wildman–Crippen MR) is 104 cm³/mol. The molecule has 5 heteroatoms. The quantitative estimate of drug-likeness (QED) is 0.758. The smallest absolute Gasteiger partial charge is 0.262 e. The van der Waals surface area contributed by atoms with Gasteiger partial charge in [0.05, 0.1) is 11.3 Å². The molecule has 2 rings (SSSR count). The molecule has 26 heavy (non-hydrogen) atoms. The lowest BCUT2D eigenvalue weighted by molar-refractivity contribution is -0.118. The zero-order chi connectivity index (χ0) is 18.9. The lowest BCUT2D eigenvalue weighted by Gasteiger charge is -2.15. The van der Waals surface area contributed by atoms with E-state index >= 15 is 0 Å². The normalized spacial score (nSPS) is 11.5. The summed E-state index contributed by atoms with van der Waals surface area (Å²) in [5.41, 5.74) is 2.12. The summed E-state index contributed by atoms with van der Waals surface area (Å²) in [5.74, 6) is 0.125. The molecule has 2 N–H and O–H groups in total. The number of anilines is 1. The van der Waals surface area contributed by atoms with Gasteiger partial charge in [0, 0.05) is 6.04 Å². The molecule has 1 atom stereocenters. The molecule has 0 saturated carbocycles. The van der Waals surface area contributed by atoms with Crippen molar-refractivity contribution in [3.05, 3.63) is 59.7 Å². The number of ether oxygens (including phenoxy) is 1. The number of hydrogen-bond donors (Lipinski definition) is 2. The maximum absolute atomic E-state index is 12.4. The van der Waals surface area contributed by atoms with E-state index in [0.29, 0.717) is 17.0 Å². The monoisotopic (exact) mass is 354 g/mol. The van der Waals surface area contributed by atoms with Crippen molar-refractivity contribution < 1.29 is 14.3 Å². The lowest BCUT2D eigenvalue weighted by atomic mass is 10.1. The highest BCUT2D eigenvalue weighted by atomic mass is 16.5. The van der Waals surface area contributed by atoms with Crippen molar-refractivity contribution in [1.82, 2.24) is 5.32 Å². The van der Waals surface area contributed by atoms with Crippen molar-refractivity contribution >= 4 is 17.5 Å². The van der Waals surface area contributed by atoms with Crippen LogP contribution in [0.5, 0.6) is 5.75 Å². The number of benzene rings is 2. The molecule has 0 aliphatic carbocycles. The average Bonchev–Trinajstić information content (AvgIpc) is 2.67. The van der Waals surface area contributed by atoms with Gasteiger partial charge in [0.2, 0.25) is 0 Å². The summed E-state index contributed by atoms with van der Waals surface area (Å²) in [6.45, 7) is 5.91. The Bertz CT molecular complexity index is 741. The van der Waals surface area contributed by atoms with E-state index in [1.807, 2.05) is 38.1 Å². The van der Waals surface area contributed by atoms with Gasteiger partial charge in [-0.1, -0.05) is 38.1 Å². The van der Waals surface area contributed by atoms with E-state index in [1.54, 1.807) is 24.3 Å². The number of para-hydroxylation sites is 1. The van der Waals surface area contributed by atoms with Crippen LogP contribution in [-0.2, 0) is 11.2 Å². The van der Waals surface area contributed by atoms with E-state index in [1.165, 1.54) is 5.56 Å². The topological polar surface area (TPSA) is 67.4 Å². The molecular weight excluding hydrogens is 328 g/mol. The standard InChI is InChI=1S/C21H26N2O3/c1-4-15(3)22-21(25)18-8-6-7-9-19(18)23-20(24)14-26-17-12-10-16(5-2)11-13-17/h6-13,15H,4-5,14H2,1-3H3,(H,22,25)(H,23,24). The van der Waals surface area contributed by atoms with Crippen LogP contribution in [0.25, 0.3) is 0 Å². The Morgan fingerprint density at radius 2 is 1.73 bits per heavy atom. The Kier molecular flexibility index (Phi) is 7.21. The Hall–Kier alpha value is -2.82. The van der Waals surface area contributed by atoms with E-state index in [9.17, 15) is 9.59 Å². The predicted octanol–water partition coefficient (Wildman–Crippen LogP) is 3.79. The highest BCUT2D eigenvalue weighted by Gasteiger charge is 2.14. The van der Waals surface area contributed by atoms with E-state index in [-0.39, 0.29) is 24.5 Å². The van der Waals surface area contributed by atoms with Crippen molar-refractivity contribution in [2.45, 2.75) is 39.7 Å². The minimum atomic E-state index is -0.312. The molecule has 2 aromatic rings. The maximum atomic E-state index is 12.4. The van der Waals surface area contributed by atoms with Gasteiger partial charge >= 0.3 is 0 Å². The Morgan fingerprint density at radius 3 is 2.38 bits per heavy atom. The summed E-state index contributed by atoms with van der Waals surface area (Å²) in [5, 5.41) is 5.66. The molecule has 0 aliphatic heterocycles. The number of hydrogen-bond acceptors (Lipinski definition) is 3. The minimum Gasteiger partial charge on any atom is -0.484 e. The zero-order valence-electron chi connectivity index (χ0n) is 15.5. The van der Waals surface area contributed by atoms with E-state index < -0.39 is 0 Å². The molecule has 2 amide bonds. The van der Waals surface area contributed by atoms with Crippen LogP contribution in [0.3, 0.4) is 0 Å². The van der Waals surface area contributed by atoms with Crippen molar-refractivity contribution in [2.75, 3.05) is 11.9 Å². The van der Waals surface area contributed by atoms with E-state index in [2.05, 4.69) is 17.6 Å². The molecule has 0 radical (unpaired) electrons. The summed E-state index contributed by atoms with van der Waals surface area (Å²) in [6, 6.07) is 14.7. The Balaban J connectivity index is 1.96. The third-order valence-corrected chi connectivity index (χ3v) is 4.14. The van der Waals surface area contributed by atoms with Crippen LogP contribution in [-0.4, -0.2) is 24.5 Å². The summed E-state index contributed by atoms with van der Waals surface area (Å²) >= 11 is 0. The van der Waals surface area contributed by atoms with Crippen LogP contribution in [0.1, 0.15) is 43.1 Å². The highest BCUT2D eigenvalue weighted by molar-refractivity contribution is 6.04. The second kappa shape index (κ2) is 9.61. The fourth-order valence-corrected chi connectivity index (χ4v) is 2.35. The number of carbonyl (C=O) groups is 2. The average molecular weight is 354 g/mol. The van der Waals surface area contributed by atoms with Crippen molar-refractivity contribution in [3.63, 3.8) is 0 Å². The van der Waals surface area contributed by atoms with Gasteiger partial charge in [0.25, 0.3) is 11.8 Å². The molecule has 0 aromatic heterocycles. The molecule has 0 spiro atoms. The molecule has 138 valence electrons. The van der Waals surface area contributed by atoms with Crippen LogP contribution >= 0.6 is 0 Å². The minimum absolute atomic E-state index is 0.0701. The molecule has 0 bridgehead atoms. The van der Waals surface area contributed by atoms with Crippen LogP contribution in [0, 0.1) is 0 Å². The first kappa shape index (κ1) is 19.5. The van der Waals surface area contributed by atoms with E-state index in [0.717, 1.165) is 12.8 Å². The number of nitrogens with one attached hydrogen (secondary N) is 2. The van der Waals surface area contributed by atoms with Gasteiger partial charge in [-0.15, -0.1) is 0 Å². The fraction of sp³-hybridized carbons (Fsp3) is 0.333. The zero-order valence-corrected chi connectivity index (χ0v) is 15.5. The van der Waals surface area contributed by atoms with Crippen LogP contribution in [0.2, 0.25) is 0 Å². The molecular formula is C21H26N2O3. The Morgan fingerprint density at radius 1 is 1.04 bits per heavy atom. The molecule has 0 fully saturated rings. The van der Waals surface area contributed by atoms with Crippen LogP contribution in [0.4, 0.5) is 5.69 Å². The molecule has 0 aliphatic rings. The third kappa shape index (κ3) is 5.62. The first-order valence-electron chi connectivity index (χ1n) is 8.95. The summed E-state index contributed by atoms with van der Waals surface area (Å²) in [6.07, 6.45) is 1.79. The molecule has 0 heterocycles. The van der Waals surface area contributed by atoms with Gasteiger partial charge in [0.15, 0.2) is 6.61 Å². The molecule has 1 unspecified atom stereocenters. The fourth-order valence-electron chi connectivity index (χ4n) is 2.35. The summed E-state index contributed by atoms with van der Waals surface area (Å²) < 4.78 is 5.51. The van der Waals surface area contributed by atoms with Gasteiger partial charge in [-0.05, 0) is 49.6 Å². The van der Waals surface area contributed by atoms with E-state index in [4.69, 9.17) is 4.74 Å². The SMILES string of the molecule is CCc1ccc(OCC(=O)Nc2ccccc2C(=O)NC(C)CC)cc1. The maximum Gasteiger partial charge on any atom is 0.262 e. The highest BCUT2D eigenvalue weighted by Crippen LogP contribution is 2.16. The summed E-state index contributed by atoms with van der Waals surface area (Å²) in [7, 11) is 0. The van der Waals surface area contributed by atoms with Gasteiger partial charge in [-0.3, -0.25) is 9.59 Å². The molecule has 2 aromatic carbocycles. The second-order valence-corrected chi connectivity index (χ2v) is 6.16. The third-order valence-electron chi connectivity index (χ3n) is 4.14. The number of amides is 2. The van der Waals surface area contributed by atoms with Gasteiger partial charge in [-0.2, -0.15) is 0 Å². The largest absolute Gasteiger partial charge is 0.484 e.